The number of hydrogen-bond acceptors (Lipinski definition) is 4. The Morgan fingerprint density at radius 1 is 1.40 bits per heavy atom. The molecule has 1 aromatic rings. The molecule has 1 N–H and O–H groups in total. The van der Waals surface area contributed by atoms with E-state index in [1.54, 1.807) is 11.0 Å². The number of hydrogen-bond donors (Lipinski definition) is 1. The van der Waals surface area contributed by atoms with Gasteiger partial charge in [-0.1, -0.05) is 26.2 Å². The summed E-state index contributed by atoms with van der Waals surface area (Å²) in [5.41, 5.74) is 0.471. The second kappa shape index (κ2) is 7.22. The molecule has 0 saturated heterocycles. The molecule has 0 unspecified atom stereocenters. The van der Waals surface area contributed by atoms with Gasteiger partial charge in [-0.3, -0.25) is 4.79 Å². The summed E-state index contributed by atoms with van der Waals surface area (Å²) >= 11 is 0. The average Bonchev–Trinajstić information content (AvgIpc) is 2.97. The third kappa shape index (κ3) is 3.92. The molecule has 1 aromatic heterocycles. The Balaban J connectivity index is 1.98. The van der Waals surface area contributed by atoms with E-state index in [0.717, 1.165) is 25.2 Å². The maximum atomic E-state index is 12.2. The fraction of sp³-hybridized carbons (Fsp3) is 0.667. The molecule has 0 aromatic carbocycles. The number of unbranched alkanes of at least 4 members (excludes halogenated alkanes) is 1. The minimum Gasteiger partial charge on any atom is -0.367 e. The highest BCUT2D eigenvalue weighted by Gasteiger charge is 2.17. The number of amides is 1. The lowest BCUT2D eigenvalue weighted by Gasteiger charge is -2.17. The number of nitrogens with one attached hydrogen (secondary N) is 1. The van der Waals surface area contributed by atoms with Crippen molar-refractivity contribution < 1.29 is 4.79 Å². The average molecular weight is 276 g/mol. The van der Waals surface area contributed by atoms with Gasteiger partial charge in [0.25, 0.3) is 5.91 Å². The van der Waals surface area contributed by atoms with Crippen LogP contribution in [0.4, 0.5) is 5.82 Å². The van der Waals surface area contributed by atoms with Gasteiger partial charge in [-0.2, -0.15) is 0 Å². The van der Waals surface area contributed by atoms with E-state index in [2.05, 4.69) is 22.2 Å². The summed E-state index contributed by atoms with van der Waals surface area (Å²) in [6.45, 7) is 2.89. The number of carbonyl (C=O) groups is 1. The quantitative estimate of drug-likeness (QED) is 0.868. The van der Waals surface area contributed by atoms with Gasteiger partial charge < -0.3 is 10.2 Å². The summed E-state index contributed by atoms with van der Waals surface area (Å²) < 4.78 is 0. The summed E-state index contributed by atoms with van der Waals surface area (Å²) in [6.07, 6.45) is 8.48. The first-order chi connectivity index (χ1) is 9.70. The third-order valence-electron chi connectivity index (χ3n) is 3.79. The van der Waals surface area contributed by atoms with Crippen molar-refractivity contribution >= 4 is 11.7 Å². The van der Waals surface area contributed by atoms with Gasteiger partial charge in [0.2, 0.25) is 0 Å². The van der Waals surface area contributed by atoms with Crippen LogP contribution in [0.3, 0.4) is 0 Å². The molecule has 110 valence electrons. The van der Waals surface area contributed by atoms with Gasteiger partial charge >= 0.3 is 0 Å². The molecule has 1 heterocycles. The summed E-state index contributed by atoms with van der Waals surface area (Å²) in [6, 6.07) is 2.26. The van der Waals surface area contributed by atoms with Crippen molar-refractivity contribution in [3.63, 3.8) is 0 Å². The van der Waals surface area contributed by atoms with E-state index < -0.39 is 0 Å². The van der Waals surface area contributed by atoms with E-state index in [1.165, 1.54) is 32.0 Å². The van der Waals surface area contributed by atoms with Gasteiger partial charge in [0, 0.05) is 25.7 Å². The van der Waals surface area contributed by atoms with Crippen LogP contribution in [0.1, 0.15) is 55.9 Å². The minimum atomic E-state index is -0.0321. The molecule has 1 aliphatic rings. The van der Waals surface area contributed by atoms with Crippen LogP contribution in [0.25, 0.3) is 0 Å². The Bertz CT molecular complexity index is 443. The summed E-state index contributed by atoms with van der Waals surface area (Å²) in [5.74, 6) is 0.731. The van der Waals surface area contributed by atoms with Crippen LogP contribution >= 0.6 is 0 Å². The molecule has 1 fully saturated rings. The highest BCUT2D eigenvalue weighted by atomic mass is 16.2. The molecule has 1 aliphatic carbocycles. The largest absolute Gasteiger partial charge is 0.367 e. The lowest BCUT2D eigenvalue weighted by atomic mass is 10.2. The SMILES string of the molecule is CCCCN(C)C(=O)c1cc(NC2CCCC2)ncn1. The fourth-order valence-corrected chi connectivity index (χ4v) is 2.52. The zero-order valence-corrected chi connectivity index (χ0v) is 12.4. The number of nitrogens with zero attached hydrogens (tertiary/aromatic N) is 3. The summed E-state index contributed by atoms with van der Waals surface area (Å²) in [4.78, 5) is 22.3. The Morgan fingerprint density at radius 3 is 2.85 bits per heavy atom. The van der Waals surface area contributed by atoms with Gasteiger partial charge in [0.05, 0.1) is 0 Å². The third-order valence-corrected chi connectivity index (χ3v) is 3.79. The molecule has 2 rings (SSSR count). The minimum absolute atomic E-state index is 0.0321. The normalized spacial score (nSPS) is 15.3. The van der Waals surface area contributed by atoms with Crippen LogP contribution in [-0.2, 0) is 0 Å². The number of rotatable bonds is 6. The molecule has 1 amide bonds. The molecule has 20 heavy (non-hydrogen) atoms. The topological polar surface area (TPSA) is 58.1 Å². The molecule has 0 bridgehead atoms. The Labute approximate surface area is 120 Å². The van der Waals surface area contributed by atoms with Crippen LogP contribution in [-0.4, -0.2) is 40.4 Å². The second-order valence-electron chi connectivity index (χ2n) is 5.49. The molecule has 0 radical (unpaired) electrons. The Morgan fingerprint density at radius 2 is 2.15 bits per heavy atom. The molecular weight excluding hydrogens is 252 g/mol. The second-order valence-corrected chi connectivity index (χ2v) is 5.49. The highest BCUT2D eigenvalue weighted by Crippen LogP contribution is 2.21. The Hall–Kier alpha value is -1.65. The van der Waals surface area contributed by atoms with Crippen LogP contribution in [0.15, 0.2) is 12.4 Å². The molecular formula is C15H24N4O. The van der Waals surface area contributed by atoms with Crippen molar-refractivity contribution in [1.82, 2.24) is 14.9 Å². The first kappa shape index (κ1) is 14.8. The molecule has 1 saturated carbocycles. The van der Waals surface area contributed by atoms with E-state index in [-0.39, 0.29) is 5.91 Å². The maximum absolute atomic E-state index is 12.2. The lowest BCUT2D eigenvalue weighted by molar-refractivity contribution is 0.0787. The molecule has 5 heteroatoms. The van der Waals surface area contributed by atoms with Crippen LogP contribution in [0.2, 0.25) is 0 Å². The smallest absolute Gasteiger partial charge is 0.272 e. The lowest BCUT2D eigenvalue weighted by Crippen LogP contribution is -2.28. The molecule has 5 nitrogen and oxygen atoms in total. The van der Waals surface area contributed by atoms with Gasteiger partial charge in [0.1, 0.15) is 17.8 Å². The number of anilines is 1. The molecule has 0 aliphatic heterocycles. The van der Waals surface area contributed by atoms with Crippen molar-refractivity contribution in [3.8, 4) is 0 Å². The van der Waals surface area contributed by atoms with Crippen molar-refractivity contribution in [2.75, 3.05) is 18.9 Å². The van der Waals surface area contributed by atoms with E-state index in [9.17, 15) is 4.79 Å². The number of aromatic nitrogens is 2. The zero-order valence-electron chi connectivity index (χ0n) is 12.4. The van der Waals surface area contributed by atoms with Gasteiger partial charge in [0.15, 0.2) is 0 Å². The van der Waals surface area contributed by atoms with Crippen LogP contribution < -0.4 is 5.32 Å². The first-order valence-corrected chi connectivity index (χ1v) is 7.54. The molecule has 0 spiro atoms. The van der Waals surface area contributed by atoms with Crippen molar-refractivity contribution in [1.29, 1.82) is 0 Å². The first-order valence-electron chi connectivity index (χ1n) is 7.54. The van der Waals surface area contributed by atoms with Crippen LogP contribution in [0, 0.1) is 0 Å². The van der Waals surface area contributed by atoms with Crippen molar-refractivity contribution in [2.45, 2.75) is 51.5 Å². The van der Waals surface area contributed by atoms with E-state index >= 15 is 0 Å². The van der Waals surface area contributed by atoms with E-state index in [0.29, 0.717) is 11.7 Å². The fourth-order valence-electron chi connectivity index (χ4n) is 2.52. The van der Waals surface area contributed by atoms with Gasteiger partial charge in [-0.25, -0.2) is 9.97 Å². The monoisotopic (exact) mass is 276 g/mol. The zero-order chi connectivity index (χ0) is 14.4. The van der Waals surface area contributed by atoms with Crippen LogP contribution in [0.5, 0.6) is 0 Å². The maximum Gasteiger partial charge on any atom is 0.272 e. The highest BCUT2D eigenvalue weighted by molar-refractivity contribution is 5.92. The van der Waals surface area contributed by atoms with Crippen molar-refractivity contribution in [2.24, 2.45) is 0 Å². The Kier molecular flexibility index (Phi) is 5.32. The van der Waals surface area contributed by atoms with Crippen molar-refractivity contribution in [3.05, 3.63) is 18.1 Å². The predicted octanol–water partition coefficient (Wildman–Crippen LogP) is 2.70. The summed E-state index contributed by atoms with van der Waals surface area (Å²) in [7, 11) is 1.82. The van der Waals surface area contributed by atoms with Gasteiger partial charge in [-0.15, -0.1) is 0 Å². The van der Waals surface area contributed by atoms with E-state index in [4.69, 9.17) is 0 Å². The standard InChI is InChI=1S/C15H24N4O/c1-3-4-9-19(2)15(20)13-10-14(17-11-16-13)18-12-7-5-6-8-12/h10-12H,3-9H2,1-2H3,(H,16,17,18). The molecule has 0 atom stereocenters. The predicted molar refractivity (Wildman–Crippen MR) is 79.8 cm³/mol. The number of carbonyl (C=O) groups excluding carboxylic acids is 1. The van der Waals surface area contributed by atoms with E-state index in [1.807, 2.05) is 7.05 Å². The van der Waals surface area contributed by atoms with Gasteiger partial charge in [-0.05, 0) is 19.3 Å². The summed E-state index contributed by atoms with van der Waals surface area (Å²) in [5, 5.41) is 3.40.